The van der Waals surface area contributed by atoms with Crippen LogP contribution in [0, 0.1) is 23.0 Å². The van der Waals surface area contributed by atoms with Crippen LogP contribution in [0.5, 0.6) is 0 Å². The Hall–Kier alpha value is -2.00. The van der Waals surface area contributed by atoms with Gasteiger partial charge in [-0.1, -0.05) is 0 Å². The monoisotopic (exact) mass is 240 g/mol. The molecule has 0 spiro atoms. The van der Waals surface area contributed by atoms with E-state index in [4.69, 9.17) is 10.4 Å². The van der Waals surface area contributed by atoms with Crippen LogP contribution >= 0.6 is 0 Å². The number of aliphatic hydroxyl groups is 1. The quantitative estimate of drug-likeness (QED) is 0.826. The Morgan fingerprint density at radius 1 is 1.53 bits per heavy atom. The number of nitrogens with zero attached hydrogens (tertiary/aromatic N) is 1. The molecule has 2 N–H and O–H groups in total. The molecule has 17 heavy (non-hydrogen) atoms. The Labute approximate surface area is 96.5 Å². The predicted octanol–water partition coefficient (Wildman–Crippen LogP) is 0.947. The van der Waals surface area contributed by atoms with Crippen LogP contribution in [0.1, 0.15) is 22.8 Å². The highest BCUT2D eigenvalue weighted by Gasteiger charge is 2.18. The van der Waals surface area contributed by atoms with Crippen LogP contribution < -0.4 is 5.32 Å². The molecule has 1 rings (SSSR count). The Morgan fingerprint density at radius 2 is 2.06 bits per heavy atom. The summed E-state index contributed by atoms with van der Waals surface area (Å²) >= 11 is 0. The minimum atomic E-state index is -1.11. The number of carbonyl (C=O) groups excluding carboxylic acids is 1. The summed E-state index contributed by atoms with van der Waals surface area (Å²) in [6, 6.07) is 3.13. The normalized spacial score (nSPS) is 11.7. The van der Waals surface area contributed by atoms with Crippen LogP contribution in [0.25, 0.3) is 0 Å². The van der Waals surface area contributed by atoms with Crippen LogP contribution in [-0.2, 0) is 0 Å². The second-order valence-corrected chi connectivity index (χ2v) is 3.49. The van der Waals surface area contributed by atoms with Gasteiger partial charge < -0.3 is 10.4 Å². The largest absolute Gasteiger partial charge is 0.392 e. The number of aliphatic hydroxyl groups excluding tert-OH is 1. The minimum Gasteiger partial charge on any atom is -0.392 e. The van der Waals surface area contributed by atoms with Crippen molar-refractivity contribution >= 4 is 5.91 Å². The van der Waals surface area contributed by atoms with E-state index < -0.39 is 29.2 Å². The number of hydrogen-bond acceptors (Lipinski definition) is 3. The van der Waals surface area contributed by atoms with Crippen molar-refractivity contribution < 1.29 is 18.7 Å². The second-order valence-electron chi connectivity index (χ2n) is 3.49. The smallest absolute Gasteiger partial charge is 0.257 e. The average Bonchev–Trinajstić information content (AvgIpc) is 2.25. The molecular weight excluding hydrogens is 230 g/mol. The maximum atomic E-state index is 13.4. The molecule has 0 aliphatic carbocycles. The number of rotatable bonds is 3. The molecule has 0 aliphatic heterocycles. The summed E-state index contributed by atoms with van der Waals surface area (Å²) < 4.78 is 26.7. The van der Waals surface area contributed by atoms with Crippen molar-refractivity contribution in [2.45, 2.75) is 13.0 Å². The number of nitrogens with one attached hydrogen (secondary N) is 1. The predicted molar refractivity (Wildman–Crippen MR) is 55.1 cm³/mol. The first-order valence-electron chi connectivity index (χ1n) is 4.81. The molecule has 1 aromatic rings. The fourth-order valence-electron chi connectivity index (χ4n) is 1.18. The summed E-state index contributed by atoms with van der Waals surface area (Å²) in [6.07, 6.45) is -0.816. The van der Waals surface area contributed by atoms with Gasteiger partial charge in [-0.15, -0.1) is 0 Å². The molecule has 1 atom stereocenters. The van der Waals surface area contributed by atoms with E-state index in [0.29, 0.717) is 0 Å². The molecule has 0 aromatic heterocycles. The van der Waals surface area contributed by atoms with Crippen LogP contribution in [-0.4, -0.2) is 23.7 Å². The zero-order chi connectivity index (χ0) is 13.0. The lowest BCUT2D eigenvalue weighted by atomic mass is 10.1. The lowest BCUT2D eigenvalue weighted by molar-refractivity contribution is 0.0915. The highest BCUT2D eigenvalue weighted by atomic mass is 19.1. The topological polar surface area (TPSA) is 73.1 Å². The van der Waals surface area contributed by atoms with E-state index in [9.17, 15) is 13.6 Å². The zero-order valence-corrected chi connectivity index (χ0v) is 9.00. The Morgan fingerprint density at radius 3 is 2.47 bits per heavy atom. The number of halogens is 2. The number of hydrogen-bond donors (Lipinski definition) is 2. The SMILES string of the molecule is CC(O)CNC(=O)c1c(F)cc(C#N)cc1F. The third kappa shape index (κ3) is 3.23. The molecule has 0 radical (unpaired) electrons. The van der Waals surface area contributed by atoms with Crippen molar-refractivity contribution in [1.29, 1.82) is 5.26 Å². The molecule has 0 saturated carbocycles. The molecule has 0 heterocycles. The fourth-order valence-corrected chi connectivity index (χ4v) is 1.18. The van der Waals surface area contributed by atoms with Gasteiger partial charge in [0.15, 0.2) is 0 Å². The van der Waals surface area contributed by atoms with Gasteiger partial charge in [0, 0.05) is 6.54 Å². The van der Waals surface area contributed by atoms with Gasteiger partial charge in [0.05, 0.1) is 17.7 Å². The van der Waals surface area contributed by atoms with E-state index in [1.165, 1.54) is 6.92 Å². The van der Waals surface area contributed by atoms with Crippen LogP contribution in [0.3, 0.4) is 0 Å². The Bertz CT molecular complexity index is 458. The van der Waals surface area contributed by atoms with Crippen molar-refractivity contribution in [3.05, 3.63) is 34.9 Å². The van der Waals surface area contributed by atoms with Gasteiger partial charge >= 0.3 is 0 Å². The zero-order valence-electron chi connectivity index (χ0n) is 9.00. The molecule has 1 amide bonds. The maximum absolute atomic E-state index is 13.4. The summed E-state index contributed by atoms with van der Waals surface area (Å²) in [5.74, 6) is -3.18. The number of nitriles is 1. The molecule has 0 aliphatic rings. The summed E-state index contributed by atoms with van der Waals surface area (Å²) in [7, 11) is 0. The van der Waals surface area contributed by atoms with E-state index in [-0.39, 0.29) is 12.1 Å². The van der Waals surface area contributed by atoms with Gasteiger partial charge in [-0.05, 0) is 19.1 Å². The summed E-state index contributed by atoms with van der Waals surface area (Å²) in [5, 5.41) is 19.6. The number of benzene rings is 1. The average molecular weight is 240 g/mol. The van der Waals surface area contributed by atoms with Gasteiger partial charge in [0.2, 0.25) is 0 Å². The number of amides is 1. The first-order chi connectivity index (χ1) is 7.95. The third-order valence-corrected chi connectivity index (χ3v) is 1.96. The van der Waals surface area contributed by atoms with E-state index in [1.807, 2.05) is 0 Å². The minimum absolute atomic E-state index is 0.113. The van der Waals surface area contributed by atoms with Crippen molar-refractivity contribution in [2.24, 2.45) is 0 Å². The standard InChI is InChI=1S/C11H10F2N2O2/c1-6(16)5-15-11(17)10-8(12)2-7(4-14)3-9(10)13/h2-3,6,16H,5H2,1H3,(H,15,17). The van der Waals surface area contributed by atoms with Crippen molar-refractivity contribution in [3.63, 3.8) is 0 Å². The maximum Gasteiger partial charge on any atom is 0.257 e. The summed E-state index contributed by atoms with van der Waals surface area (Å²) in [4.78, 5) is 11.4. The van der Waals surface area contributed by atoms with Crippen molar-refractivity contribution in [1.82, 2.24) is 5.32 Å². The highest BCUT2D eigenvalue weighted by molar-refractivity contribution is 5.94. The van der Waals surface area contributed by atoms with Gasteiger partial charge in [0.25, 0.3) is 5.91 Å². The summed E-state index contributed by atoms with van der Waals surface area (Å²) in [5.41, 5.74) is -0.961. The molecule has 0 saturated heterocycles. The first kappa shape index (κ1) is 13.1. The molecule has 90 valence electrons. The second kappa shape index (κ2) is 5.37. The fraction of sp³-hybridized carbons (Fsp3) is 0.273. The van der Waals surface area contributed by atoms with Crippen LogP contribution in [0.2, 0.25) is 0 Å². The lowest BCUT2D eigenvalue weighted by Crippen LogP contribution is -2.31. The van der Waals surface area contributed by atoms with E-state index in [1.54, 1.807) is 6.07 Å². The molecule has 6 heteroatoms. The molecule has 1 aromatic carbocycles. The van der Waals surface area contributed by atoms with Crippen molar-refractivity contribution in [2.75, 3.05) is 6.54 Å². The molecule has 1 unspecified atom stereocenters. The third-order valence-electron chi connectivity index (χ3n) is 1.96. The van der Waals surface area contributed by atoms with Gasteiger partial charge in [-0.2, -0.15) is 5.26 Å². The van der Waals surface area contributed by atoms with E-state index in [0.717, 1.165) is 12.1 Å². The highest BCUT2D eigenvalue weighted by Crippen LogP contribution is 2.14. The van der Waals surface area contributed by atoms with E-state index in [2.05, 4.69) is 5.32 Å². The first-order valence-corrected chi connectivity index (χ1v) is 4.81. The van der Waals surface area contributed by atoms with Gasteiger partial charge in [-0.3, -0.25) is 4.79 Å². The molecule has 4 nitrogen and oxygen atoms in total. The Kier molecular flexibility index (Phi) is 4.12. The molecule has 0 bridgehead atoms. The van der Waals surface area contributed by atoms with Crippen LogP contribution in [0.4, 0.5) is 8.78 Å². The van der Waals surface area contributed by atoms with Crippen molar-refractivity contribution in [3.8, 4) is 6.07 Å². The van der Waals surface area contributed by atoms with Gasteiger partial charge in [0.1, 0.15) is 17.2 Å². The number of carbonyl (C=O) groups is 1. The van der Waals surface area contributed by atoms with E-state index >= 15 is 0 Å². The lowest BCUT2D eigenvalue weighted by Gasteiger charge is -2.08. The van der Waals surface area contributed by atoms with Crippen LogP contribution in [0.15, 0.2) is 12.1 Å². The van der Waals surface area contributed by atoms with Gasteiger partial charge in [-0.25, -0.2) is 8.78 Å². The Balaban J connectivity index is 2.99. The molecular formula is C11H10F2N2O2. The molecule has 0 fully saturated rings. The summed E-state index contributed by atoms with van der Waals surface area (Å²) in [6.45, 7) is 1.31.